The highest BCUT2D eigenvalue weighted by Gasteiger charge is 2.11. The van der Waals surface area contributed by atoms with Crippen LogP contribution in [-0.2, 0) is 0 Å². The number of rotatable bonds is 2. The molecule has 0 unspecified atom stereocenters. The first kappa shape index (κ1) is 13.3. The molecule has 0 aliphatic rings. The number of halogens is 1. The highest BCUT2D eigenvalue weighted by Crippen LogP contribution is 2.29. The summed E-state index contributed by atoms with van der Waals surface area (Å²) in [5.41, 5.74) is 4.44. The summed E-state index contributed by atoms with van der Waals surface area (Å²) in [4.78, 5) is 11.1. The maximum absolute atomic E-state index is 13.3. The van der Waals surface area contributed by atoms with Crippen LogP contribution in [0.1, 0.15) is 27.0 Å². The predicted molar refractivity (Wildman–Crippen MR) is 73.0 cm³/mol. The number of aryl methyl sites for hydroxylation is 3. The summed E-state index contributed by atoms with van der Waals surface area (Å²) in [7, 11) is 0. The third-order valence-electron chi connectivity index (χ3n) is 3.11. The molecule has 0 amide bonds. The van der Waals surface area contributed by atoms with Crippen LogP contribution in [0.5, 0.6) is 0 Å². The van der Waals surface area contributed by atoms with Crippen LogP contribution in [0, 0.1) is 26.6 Å². The van der Waals surface area contributed by atoms with Gasteiger partial charge in [0.05, 0.1) is 5.56 Å². The predicted octanol–water partition coefficient (Wildman–Crippen LogP) is 4.12. The van der Waals surface area contributed by atoms with E-state index in [1.807, 2.05) is 26.8 Å². The molecule has 0 bridgehead atoms. The fraction of sp³-hybridized carbons (Fsp3) is 0.188. The summed E-state index contributed by atoms with van der Waals surface area (Å²) < 4.78 is 13.3. The molecule has 3 heteroatoms. The molecule has 0 fully saturated rings. The second-order valence-corrected chi connectivity index (χ2v) is 4.81. The number of benzene rings is 2. The Bertz CT molecular complexity index is 637. The van der Waals surface area contributed by atoms with Crippen molar-refractivity contribution in [3.8, 4) is 11.1 Å². The Balaban J connectivity index is 2.69. The Kier molecular flexibility index (Phi) is 3.38. The zero-order chi connectivity index (χ0) is 14.2. The molecule has 98 valence electrons. The Morgan fingerprint density at radius 1 is 1.00 bits per heavy atom. The van der Waals surface area contributed by atoms with Crippen molar-refractivity contribution in [3.05, 3.63) is 58.4 Å². The largest absolute Gasteiger partial charge is 0.478 e. The topological polar surface area (TPSA) is 37.3 Å². The smallest absolute Gasteiger partial charge is 0.335 e. The summed E-state index contributed by atoms with van der Waals surface area (Å²) >= 11 is 0. The van der Waals surface area contributed by atoms with Gasteiger partial charge in [-0.25, -0.2) is 9.18 Å². The second-order valence-electron chi connectivity index (χ2n) is 4.81. The van der Waals surface area contributed by atoms with E-state index in [0.29, 0.717) is 0 Å². The normalized spacial score (nSPS) is 10.5. The van der Waals surface area contributed by atoms with E-state index in [0.717, 1.165) is 27.8 Å². The van der Waals surface area contributed by atoms with E-state index in [-0.39, 0.29) is 11.4 Å². The third kappa shape index (κ3) is 2.65. The van der Waals surface area contributed by atoms with Crippen LogP contribution in [0.4, 0.5) is 4.39 Å². The standard InChI is InChI=1S/C16H15FO2/c1-9-4-12(8-13(5-9)16(18)19)15-10(2)6-14(17)7-11(15)3/h4-8H,1-3H3,(H,18,19). The number of carbonyl (C=O) groups is 1. The van der Waals surface area contributed by atoms with Crippen LogP contribution < -0.4 is 0 Å². The Labute approximate surface area is 111 Å². The van der Waals surface area contributed by atoms with E-state index in [4.69, 9.17) is 5.11 Å². The van der Waals surface area contributed by atoms with Crippen molar-refractivity contribution in [2.75, 3.05) is 0 Å². The first-order valence-corrected chi connectivity index (χ1v) is 6.00. The molecule has 0 saturated heterocycles. The monoisotopic (exact) mass is 258 g/mol. The van der Waals surface area contributed by atoms with Crippen LogP contribution in [0.3, 0.4) is 0 Å². The lowest BCUT2D eigenvalue weighted by Gasteiger charge is -2.12. The third-order valence-corrected chi connectivity index (χ3v) is 3.11. The lowest BCUT2D eigenvalue weighted by atomic mass is 9.93. The highest BCUT2D eigenvalue weighted by atomic mass is 19.1. The SMILES string of the molecule is Cc1cc(C(=O)O)cc(-c2c(C)cc(F)cc2C)c1. The minimum absolute atomic E-state index is 0.248. The van der Waals surface area contributed by atoms with Crippen LogP contribution in [-0.4, -0.2) is 11.1 Å². The van der Waals surface area contributed by atoms with Gasteiger partial charge in [0.25, 0.3) is 0 Å². The van der Waals surface area contributed by atoms with Crippen molar-refractivity contribution in [2.45, 2.75) is 20.8 Å². The Hall–Kier alpha value is -2.16. The maximum Gasteiger partial charge on any atom is 0.335 e. The van der Waals surface area contributed by atoms with Crippen molar-refractivity contribution in [2.24, 2.45) is 0 Å². The van der Waals surface area contributed by atoms with E-state index in [9.17, 15) is 9.18 Å². The van der Waals surface area contributed by atoms with Gasteiger partial charge >= 0.3 is 5.97 Å². The molecule has 2 aromatic carbocycles. The van der Waals surface area contributed by atoms with Gasteiger partial charge < -0.3 is 5.11 Å². The molecule has 1 N–H and O–H groups in total. The fourth-order valence-corrected chi connectivity index (χ4v) is 2.42. The number of carboxylic acid groups (broad SMARTS) is 1. The minimum atomic E-state index is -0.956. The zero-order valence-electron chi connectivity index (χ0n) is 11.1. The highest BCUT2D eigenvalue weighted by molar-refractivity contribution is 5.90. The van der Waals surface area contributed by atoms with Crippen molar-refractivity contribution < 1.29 is 14.3 Å². The quantitative estimate of drug-likeness (QED) is 0.879. The van der Waals surface area contributed by atoms with Crippen molar-refractivity contribution in [1.82, 2.24) is 0 Å². The Morgan fingerprint density at radius 2 is 1.58 bits per heavy atom. The average Bonchev–Trinajstić information content (AvgIpc) is 2.26. The summed E-state index contributed by atoms with van der Waals surface area (Å²) in [5, 5.41) is 9.10. The van der Waals surface area contributed by atoms with E-state index in [1.54, 1.807) is 12.1 Å². The van der Waals surface area contributed by atoms with E-state index in [1.165, 1.54) is 12.1 Å². The van der Waals surface area contributed by atoms with Crippen LogP contribution in [0.15, 0.2) is 30.3 Å². The van der Waals surface area contributed by atoms with E-state index < -0.39 is 5.97 Å². The molecule has 0 radical (unpaired) electrons. The van der Waals surface area contributed by atoms with Crippen LogP contribution in [0.2, 0.25) is 0 Å². The van der Waals surface area contributed by atoms with Gasteiger partial charge in [0.15, 0.2) is 0 Å². The number of hydrogen-bond acceptors (Lipinski definition) is 1. The van der Waals surface area contributed by atoms with Gasteiger partial charge in [-0.15, -0.1) is 0 Å². The molecule has 2 nitrogen and oxygen atoms in total. The van der Waals surface area contributed by atoms with Crippen molar-refractivity contribution >= 4 is 5.97 Å². The molecule has 0 atom stereocenters. The van der Waals surface area contributed by atoms with Crippen molar-refractivity contribution in [3.63, 3.8) is 0 Å². The molecule has 0 spiro atoms. The number of aromatic carboxylic acids is 1. The van der Waals surface area contributed by atoms with Gasteiger partial charge in [-0.3, -0.25) is 0 Å². The van der Waals surface area contributed by atoms with Gasteiger partial charge in [-0.2, -0.15) is 0 Å². The fourth-order valence-electron chi connectivity index (χ4n) is 2.42. The van der Waals surface area contributed by atoms with Crippen molar-refractivity contribution in [1.29, 1.82) is 0 Å². The second kappa shape index (κ2) is 4.84. The molecule has 0 saturated carbocycles. The molecular formula is C16H15FO2. The molecule has 0 aliphatic carbocycles. The minimum Gasteiger partial charge on any atom is -0.478 e. The van der Waals surface area contributed by atoms with Crippen LogP contribution in [0.25, 0.3) is 11.1 Å². The van der Waals surface area contributed by atoms with Gasteiger partial charge in [0.2, 0.25) is 0 Å². The lowest BCUT2D eigenvalue weighted by molar-refractivity contribution is 0.0697. The molecule has 2 aromatic rings. The lowest BCUT2D eigenvalue weighted by Crippen LogP contribution is -1.99. The zero-order valence-corrected chi connectivity index (χ0v) is 11.1. The number of carboxylic acids is 1. The Morgan fingerprint density at radius 3 is 2.11 bits per heavy atom. The van der Waals surface area contributed by atoms with E-state index in [2.05, 4.69) is 0 Å². The summed E-state index contributed by atoms with van der Waals surface area (Å²) in [5.74, 6) is -1.23. The molecule has 0 aromatic heterocycles. The first-order valence-electron chi connectivity index (χ1n) is 6.00. The number of hydrogen-bond donors (Lipinski definition) is 1. The van der Waals surface area contributed by atoms with Gasteiger partial charge in [-0.05, 0) is 72.9 Å². The molecule has 0 aliphatic heterocycles. The molecule has 0 heterocycles. The molecule has 19 heavy (non-hydrogen) atoms. The molecule has 2 rings (SSSR count). The average molecular weight is 258 g/mol. The van der Waals surface area contributed by atoms with Gasteiger partial charge in [-0.1, -0.05) is 6.07 Å². The summed E-state index contributed by atoms with van der Waals surface area (Å²) in [6.45, 7) is 5.51. The van der Waals surface area contributed by atoms with Crippen LogP contribution >= 0.6 is 0 Å². The van der Waals surface area contributed by atoms with E-state index >= 15 is 0 Å². The van der Waals surface area contributed by atoms with Gasteiger partial charge in [0.1, 0.15) is 5.82 Å². The molecular weight excluding hydrogens is 243 g/mol. The summed E-state index contributed by atoms with van der Waals surface area (Å²) in [6, 6.07) is 8.10. The first-order chi connectivity index (χ1) is 8.88. The summed E-state index contributed by atoms with van der Waals surface area (Å²) in [6.07, 6.45) is 0. The maximum atomic E-state index is 13.3. The van der Waals surface area contributed by atoms with Gasteiger partial charge in [0, 0.05) is 0 Å².